The van der Waals surface area contributed by atoms with Gasteiger partial charge in [-0.1, -0.05) is 29.6 Å². The second-order valence-electron chi connectivity index (χ2n) is 4.65. The van der Waals surface area contributed by atoms with Gasteiger partial charge in [0, 0.05) is 19.3 Å². The van der Waals surface area contributed by atoms with Crippen molar-refractivity contribution in [1.82, 2.24) is 15.2 Å². The Bertz CT molecular complexity index is 448. The zero-order chi connectivity index (χ0) is 13.7. The normalized spacial score (nSPS) is 16.3. The Kier molecular flexibility index (Phi) is 5.43. The molecule has 1 aromatic heterocycles. The number of rotatable bonds is 4. The number of carbonyl (C=O) groups excluding carboxylic acids is 1. The van der Waals surface area contributed by atoms with E-state index >= 15 is 0 Å². The molecule has 19 heavy (non-hydrogen) atoms. The van der Waals surface area contributed by atoms with Crippen molar-refractivity contribution in [3.8, 4) is 0 Å². The van der Waals surface area contributed by atoms with E-state index in [2.05, 4.69) is 15.2 Å². The SMILES string of the molecule is O=C(NCCN1CCCCC1)c1cc(Cl)ncc1Cl. The predicted octanol–water partition coefficient (Wildman–Crippen LogP) is 2.60. The third-order valence-corrected chi connectivity index (χ3v) is 3.74. The molecule has 0 spiro atoms. The van der Waals surface area contributed by atoms with E-state index in [-0.39, 0.29) is 11.1 Å². The maximum Gasteiger partial charge on any atom is 0.253 e. The summed E-state index contributed by atoms with van der Waals surface area (Å²) in [5.74, 6) is -0.202. The fourth-order valence-electron chi connectivity index (χ4n) is 2.19. The van der Waals surface area contributed by atoms with E-state index in [1.54, 1.807) is 0 Å². The quantitative estimate of drug-likeness (QED) is 0.870. The number of hydrogen-bond acceptors (Lipinski definition) is 3. The average molecular weight is 302 g/mol. The summed E-state index contributed by atoms with van der Waals surface area (Å²) in [6, 6.07) is 1.49. The molecule has 6 heteroatoms. The van der Waals surface area contributed by atoms with Gasteiger partial charge in [0.15, 0.2) is 0 Å². The fraction of sp³-hybridized carbons (Fsp3) is 0.538. The highest BCUT2D eigenvalue weighted by Gasteiger charge is 2.13. The van der Waals surface area contributed by atoms with Gasteiger partial charge >= 0.3 is 0 Å². The lowest BCUT2D eigenvalue weighted by Crippen LogP contribution is -2.37. The number of hydrogen-bond donors (Lipinski definition) is 1. The Morgan fingerprint density at radius 2 is 2.05 bits per heavy atom. The number of pyridine rings is 1. The molecule has 0 bridgehead atoms. The summed E-state index contributed by atoms with van der Waals surface area (Å²) in [5.41, 5.74) is 0.375. The Labute approximate surface area is 123 Å². The van der Waals surface area contributed by atoms with Gasteiger partial charge in [0.05, 0.1) is 10.6 Å². The predicted molar refractivity (Wildman–Crippen MR) is 76.9 cm³/mol. The lowest BCUT2D eigenvalue weighted by atomic mass is 10.1. The maximum absolute atomic E-state index is 12.0. The van der Waals surface area contributed by atoms with Gasteiger partial charge in [0.1, 0.15) is 5.15 Å². The van der Waals surface area contributed by atoms with Crippen molar-refractivity contribution in [1.29, 1.82) is 0 Å². The number of amides is 1. The van der Waals surface area contributed by atoms with Crippen molar-refractivity contribution >= 4 is 29.1 Å². The van der Waals surface area contributed by atoms with Gasteiger partial charge in [-0.15, -0.1) is 0 Å². The molecule has 104 valence electrons. The molecule has 1 aliphatic heterocycles. The number of carbonyl (C=O) groups is 1. The first-order valence-electron chi connectivity index (χ1n) is 6.48. The number of nitrogens with one attached hydrogen (secondary N) is 1. The minimum atomic E-state index is -0.202. The summed E-state index contributed by atoms with van der Waals surface area (Å²) in [4.78, 5) is 18.1. The molecule has 1 aromatic rings. The molecule has 0 aromatic carbocycles. The van der Waals surface area contributed by atoms with Crippen LogP contribution in [0.25, 0.3) is 0 Å². The van der Waals surface area contributed by atoms with Crippen molar-refractivity contribution < 1.29 is 4.79 Å². The Morgan fingerprint density at radius 3 is 2.79 bits per heavy atom. The zero-order valence-corrected chi connectivity index (χ0v) is 12.2. The molecular weight excluding hydrogens is 285 g/mol. The molecule has 4 nitrogen and oxygen atoms in total. The van der Waals surface area contributed by atoms with Crippen LogP contribution in [0.4, 0.5) is 0 Å². The van der Waals surface area contributed by atoms with Gasteiger partial charge in [0.25, 0.3) is 5.91 Å². The van der Waals surface area contributed by atoms with Gasteiger partial charge in [-0.2, -0.15) is 0 Å². The lowest BCUT2D eigenvalue weighted by molar-refractivity contribution is 0.0946. The second-order valence-corrected chi connectivity index (χ2v) is 5.44. The molecule has 1 aliphatic rings. The first-order chi connectivity index (χ1) is 9.16. The van der Waals surface area contributed by atoms with Gasteiger partial charge in [-0.3, -0.25) is 4.79 Å². The first-order valence-corrected chi connectivity index (χ1v) is 7.24. The molecule has 0 atom stereocenters. The molecule has 1 saturated heterocycles. The van der Waals surface area contributed by atoms with Crippen LogP contribution in [0.3, 0.4) is 0 Å². The summed E-state index contributed by atoms with van der Waals surface area (Å²) >= 11 is 11.7. The van der Waals surface area contributed by atoms with Crippen LogP contribution < -0.4 is 5.32 Å². The zero-order valence-electron chi connectivity index (χ0n) is 10.7. The van der Waals surface area contributed by atoms with Crippen molar-refractivity contribution in [2.45, 2.75) is 19.3 Å². The van der Waals surface area contributed by atoms with Crippen molar-refractivity contribution in [2.75, 3.05) is 26.2 Å². The van der Waals surface area contributed by atoms with E-state index in [4.69, 9.17) is 23.2 Å². The second kappa shape index (κ2) is 7.08. The molecule has 1 amide bonds. The largest absolute Gasteiger partial charge is 0.351 e. The highest BCUT2D eigenvalue weighted by Crippen LogP contribution is 2.17. The Balaban J connectivity index is 1.82. The van der Waals surface area contributed by atoms with Crippen molar-refractivity contribution in [3.05, 3.63) is 28.0 Å². The van der Waals surface area contributed by atoms with Crippen LogP contribution in [0.2, 0.25) is 10.2 Å². The smallest absolute Gasteiger partial charge is 0.253 e. The molecule has 0 saturated carbocycles. The topological polar surface area (TPSA) is 45.2 Å². The minimum Gasteiger partial charge on any atom is -0.351 e. The van der Waals surface area contributed by atoms with Gasteiger partial charge in [-0.05, 0) is 32.0 Å². The molecule has 0 aliphatic carbocycles. The summed E-state index contributed by atoms with van der Waals surface area (Å²) in [6.07, 6.45) is 5.21. The van der Waals surface area contributed by atoms with E-state index in [1.165, 1.54) is 31.5 Å². The first kappa shape index (κ1) is 14.6. The van der Waals surface area contributed by atoms with Crippen LogP contribution in [-0.2, 0) is 0 Å². The number of likely N-dealkylation sites (tertiary alicyclic amines) is 1. The van der Waals surface area contributed by atoms with Gasteiger partial charge in [-0.25, -0.2) is 4.98 Å². The maximum atomic E-state index is 12.0. The Morgan fingerprint density at radius 1 is 1.32 bits per heavy atom. The minimum absolute atomic E-state index is 0.202. The van der Waals surface area contributed by atoms with Gasteiger partial charge < -0.3 is 10.2 Å². The average Bonchev–Trinajstić information content (AvgIpc) is 2.42. The van der Waals surface area contributed by atoms with Crippen molar-refractivity contribution in [3.63, 3.8) is 0 Å². The molecule has 2 rings (SSSR count). The summed E-state index contributed by atoms with van der Waals surface area (Å²) in [5, 5.41) is 3.45. The van der Waals surface area contributed by atoms with Crippen LogP contribution in [0, 0.1) is 0 Å². The Hall–Kier alpha value is -0.840. The summed E-state index contributed by atoms with van der Waals surface area (Å²) < 4.78 is 0. The number of aromatic nitrogens is 1. The van der Waals surface area contributed by atoms with E-state index in [9.17, 15) is 4.79 Å². The van der Waals surface area contributed by atoms with Gasteiger partial charge in [0.2, 0.25) is 0 Å². The highest BCUT2D eigenvalue weighted by molar-refractivity contribution is 6.35. The molecule has 2 heterocycles. The fourth-order valence-corrected chi connectivity index (χ4v) is 2.54. The third kappa shape index (κ3) is 4.34. The van der Waals surface area contributed by atoms with E-state index < -0.39 is 0 Å². The number of halogens is 2. The summed E-state index contributed by atoms with van der Waals surface area (Å²) in [6.45, 7) is 3.74. The molecule has 1 fully saturated rings. The van der Waals surface area contributed by atoms with Crippen LogP contribution in [-0.4, -0.2) is 42.0 Å². The third-order valence-electron chi connectivity index (χ3n) is 3.23. The van der Waals surface area contributed by atoms with Crippen LogP contribution in [0.1, 0.15) is 29.6 Å². The standard InChI is InChI=1S/C13H17Cl2N3O/c14-11-9-17-12(15)8-10(11)13(19)16-4-7-18-5-2-1-3-6-18/h8-9H,1-7H2,(H,16,19). The van der Waals surface area contributed by atoms with E-state index in [1.807, 2.05) is 0 Å². The van der Waals surface area contributed by atoms with E-state index in [0.29, 0.717) is 17.1 Å². The van der Waals surface area contributed by atoms with Crippen LogP contribution in [0.15, 0.2) is 12.3 Å². The monoisotopic (exact) mass is 301 g/mol. The number of nitrogens with zero attached hydrogens (tertiary/aromatic N) is 2. The summed E-state index contributed by atoms with van der Waals surface area (Å²) in [7, 11) is 0. The molecular formula is C13H17Cl2N3O. The molecule has 1 N–H and O–H groups in total. The molecule has 0 unspecified atom stereocenters. The van der Waals surface area contributed by atoms with E-state index in [0.717, 1.165) is 19.6 Å². The number of piperidine rings is 1. The van der Waals surface area contributed by atoms with Crippen LogP contribution in [0.5, 0.6) is 0 Å². The van der Waals surface area contributed by atoms with Crippen molar-refractivity contribution in [2.24, 2.45) is 0 Å². The lowest BCUT2D eigenvalue weighted by Gasteiger charge is -2.26. The van der Waals surface area contributed by atoms with Crippen LogP contribution >= 0.6 is 23.2 Å². The molecule has 0 radical (unpaired) electrons. The highest BCUT2D eigenvalue weighted by atomic mass is 35.5.